The molecule has 4 nitrogen and oxygen atoms in total. The summed E-state index contributed by atoms with van der Waals surface area (Å²) in [6, 6.07) is 17.2. The van der Waals surface area contributed by atoms with Crippen molar-refractivity contribution in [2.24, 2.45) is 0 Å². The molecular weight excluding hydrogens is 312 g/mol. The normalized spacial score (nSPS) is 10.4. The Bertz CT molecular complexity index is 728. The van der Waals surface area contributed by atoms with E-state index in [1.54, 1.807) is 12.1 Å². The molecule has 0 fully saturated rings. The Hall–Kier alpha value is -2.80. The first kappa shape index (κ1) is 18.5. The van der Waals surface area contributed by atoms with Crippen molar-refractivity contribution in [3.63, 3.8) is 0 Å². The maximum absolute atomic E-state index is 12.7. The number of carbonyl (C=O) groups excluding carboxylic acids is 1. The van der Waals surface area contributed by atoms with Gasteiger partial charge in [-0.15, -0.1) is 0 Å². The molecule has 0 unspecified atom stereocenters. The van der Waals surface area contributed by atoms with Crippen LogP contribution in [0.25, 0.3) is 0 Å². The van der Waals surface area contributed by atoms with Crippen molar-refractivity contribution in [2.75, 3.05) is 6.61 Å². The maximum atomic E-state index is 12.7. The molecule has 0 bridgehead atoms. The third kappa shape index (κ3) is 5.36. The van der Waals surface area contributed by atoms with Crippen molar-refractivity contribution >= 4 is 5.91 Å². The van der Waals surface area contributed by atoms with E-state index in [0.29, 0.717) is 25.1 Å². The number of carbonyl (C=O) groups is 1. The first-order valence-electron chi connectivity index (χ1n) is 8.53. The Morgan fingerprint density at radius 2 is 1.68 bits per heavy atom. The number of hydrogen-bond acceptors (Lipinski definition) is 3. The molecule has 2 rings (SSSR count). The van der Waals surface area contributed by atoms with Crippen molar-refractivity contribution in [1.82, 2.24) is 4.90 Å². The molecule has 0 aliphatic carbocycles. The quantitative estimate of drug-likeness (QED) is 0.769. The third-order valence-corrected chi connectivity index (χ3v) is 3.97. The van der Waals surface area contributed by atoms with Crippen LogP contribution < -0.4 is 4.74 Å². The van der Waals surface area contributed by atoms with Gasteiger partial charge in [0.1, 0.15) is 5.75 Å². The number of hydrogen-bond donors (Lipinski definition) is 0. The van der Waals surface area contributed by atoms with Crippen LogP contribution in [0.2, 0.25) is 0 Å². The van der Waals surface area contributed by atoms with Gasteiger partial charge in [0.2, 0.25) is 5.91 Å². The highest BCUT2D eigenvalue weighted by Gasteiger charge is 2.17. The van der Waals surface area contributed by atoms with Crippen LogP contribution in [-0.2, 0) is 17.8 Å². The van der Waals surface area contributed by atoms with Crippen molar-refractivity contribution in [2.45, 2.75) is 39.8 Å². The number of nitriles is 1. The van der Waals surface area contributed by atoms with Gasteiger partial charge < -0.3 is 9.64 Å². The highest BCUT2D eigenvalue weighted by atomic mass is 16.5. The summed E-state index contributed by atoms with van der Waals surface area (Å²) in [5.41, 5.74) is 2.62. The van der Waals surface area contributed by atoms with Crippen molar-refractivity contribution in [1.29, 1.82) is 5.26 Å². The lowest BCUT2D eigenvalue weighted by Gasteiger charge is -2.27. The van der Waals surface area contributed by atoms with E-state index in [1.807, 2.05) is 62.1 Å². The molecule has 0 spiro atoms. The van der Waals surface area contributed by atoms with E-state index >= 15 is 0 Å². The van der Waals surface area contributed by atoms with Crippen LogP contribution in [0.4, 0.5) is 0 Å². The SMILES string of the molecule is CCOc1ccc(CC(=O)N(Cc2ccc(C#N)cc2)C(C)C)cc1. The van der Waals surface area contributed by atoms with Gasteiger partial charge in [-0.3, -0.25) is 4.79 Å². The summed E-state index contributed by atoms with van der Waals surface area (Å²) in [7, 11) is 0. The maximum Gasteiger partial charge on any atom is 0.227 e. The van der Waals surface area contributed by atoms with E-state index in [1.165, 1.54) is 0 Å². The average Bonchev–Trinajstić information content (AvgIpc) is 2.61. The Morgan fingerprint density at radius 3 is 2.20 bits per heavy atom. The number of ether oxygens (including phenoxy) is 1. The molecular formula is C21H24N2O2. The van der Waals surface area contributed by atoms with Gasteiger partial charge in [-0.1, -0.05) is 24.3 Å². The molecule has 0 aromatic heterocycles. The van der Waals surface area contributed by atoms with E-state index < -0.39 is 0 Å². The smallest absolute Gasteiger partial charge is 0.227 e. The summed E-state index contributed by atoms with van der Waals surface area (Å²) in [6.45, 7) is 7.14. The summed E-state index contributed by atoms with van der Waals surface area (Å²) < 4.78 is 5.43. The lowest BCUT2D eigenvalue weighted by Crippen LogP contribution is -2.37. The lowest BCUT2D eigenvalue weighted by molar-refractivity contribution is -0.132. The molecule has 0 saturated heterocycles. The summed E-state index contributed by atoms with van der Waals surface area (Å²) in [5.74, 6) is 0.903. The van der Waals surface area contributed by atoms with E-state index in [9.17, 15) is 4.79 Å². The van der Waals surface area contributed by atoms with Crippen LogP contribution >= 0.6 is 0 Å². The van der Waals surface area contributed by atoms with E-state index in [-0.39, 0.29) is 11.9 Å². The van der Waals surface area contributed by atoms with Gasteiger partial charge in [0, 0.05) is 12.6 Å². The van der Waals surface area contributed by atoms with Gasteiger partial charge in [0.15, 0.2) is 0 Å². The van der Waals surface area contributed by atoms with Crippen molar-refractivity contribution < 1.29 is 9.53 Å². The molecule has 0 aliphatic heterocycles. The summed E-state index contributed by atoms with van der Waals surface area (Å²) >= 11 is 0. The summed E-state index contributed by atoms with van der Waals surface area (Å²) in [4.78, 5) is 14.6. The zero-order valence-corrected chi connectivity index (χ0v) is 15.0. The number of benzene rings is 2. The van der Waals surface area contributed by atoms with Gasteiger partial charge in [-0.25, -0.2) is 0 Å². The molecule has 0 saturated carbocycles. The predicted octanol–water partition coefficient (Wildman–Crippen LogP) is 3.94. The molecule has 0 atom stereocenters. The fourth-order valence-corrected chi connectivity index (χ4v) is 2.59. The van der Waals surface area contributed by atoms with Crippen molar-refractivity contribution in [3.05, 3.63) is 65.2 Å². The molecule has 2 aromatic rings. The van der Waals surface area contributed by atoms with Gasteiger partial charge in [-0.05, 0) is 56.2 Å². The second-order valence-corrected chi connectivity index (χ2v) is 6.18. The number of nitrogens with zero attached hydrogens (tertiary/aromatic N) is 2. The van der Waals surface area contributed by atoms with Crippen LogP contribution in [0.1, 0.15) is 37.5 Å². The molecule has 0 aliphatic rings. The molecule has 1 amide bonds. The third-order valence-electron chi connectivity index (χ3n) is 3.97. The predicted molar refractivity (Wildman–Crippen MR) is 98.2 cm³/mol. The monoisotopic (exact) mass is 336 g/mol. The Labute approximate surface area is 149 Å². The zero-order valence-electron chi connectivity index (χ0n) is 15.0. The first-order chi connectivity index (χ1) is 12.0. The van der Waals surface area contributed by atoms with Crippen LogP contribution in [0.5, 0.6) is 5.75 Å². The second kappa shape index (κ2) is 8.89. The minimum Gasteiger partial charge on any atom is -0.494 e. The molecule has 0 heterocycles. The van der Waals surface area contributed by atoms with Crippen LogP contribution in [0.15, 0.2) is 48.5 Å². The van der Waals surface area contributed by atoms with Crippen molar-refractivity contribution in [3.8, 4) is 11.8 Å². The highest BCUT2D eigenvalue weighted by Crippen LogP contribution is 2.15. The number of rotatable bonds is 7. The minimum absolute atomic E-state index is 0.0866. The Morgan fingerprint density at radius 1 is 1.08 bits per heavy atom. The van der Waals surface area contributed by atoms with Crippen LogP contribution in [0.3, 0.4) is 0 Å². The standard InChI is InChI=1S/C21H24N2O2/c1-4-25-20-11-9-17(10-12-20)13-21(24)23(16(2)3)15-19-7-5-18(14-22)6-8-19/h5-12,16H,4,13,15H2,1-3H3. The molecule has 2 aromatic carbocycles. The minimum atomic E-state index is 0.0866. The largest absolute Gasteiger partial charge is 0.494 e. The molecule has 25 heavy (non-hydrogen) atoms. The first-order valence-corrected chi connectivity index (χ1v) is 8.53. The van der Waals surface area contributed by atoms with Crippen LogP contribution in [0, 0.1) is 11.3 Å². The van der Waals surface area contributed by atoms with Gasteiger partial charge in [0.05, 0.1) is 24.7 Å². The number of amides is 1. The van der Waals surface area contributed by atoms with Gasteiger partial charge in [-0.2, -0.15) is 5.26 Å². The second-order valence-electron chi connectivity index (χ2n) is 6.18. The fraction of sp³-hybridized carbons (Fsp3) is 0.333. The van der Waals surface area contributed by atoms with E-state index in [0.717, 1.165) is 16.9 Å². The lowest BCUT2D eigenvalue weighted by atomic mass is 10.1. The van der Waals surface area contributed by atoms with E-state index in [2.05, 4.69) is 6.07 Å². The van der Waals surface area contributed by atoms with Gasteiger partial charge >= 0.3 is 0 Å². The summed E-state index contributed by atoms with van der Waals surface area (Å²) in [5, 5.41) is 8.88. The highest BCUT2D eigenvalue weighted by molar-refractivity contribution is 5.79. The van der Waals surface area contributed by atoms with E-state index in [4.69, 9.17) is 10.00 Å². The van der Waals surface area contributed by atoms with Gasteiger partial charge in [0.25, 0.3) is 0 Å². The zero-order chi connectivity index (χ0) is 18.2. The van der Waals surface area contributed by atoms with Crippen LogP contribution in [-0.4, -0.2) is 23.5 Å². The molecule has 0 radical (unpaired) electrons. The molecule has 130 valence electrons. The average molecular weight is 336 g/mol. The molecule has 0 N–H and O–H groups in total. The molecule has 4 heteroatoms. The Kier molecular flexibility index (Phi) is 6.59. The fourth-order valence-electron chi connectivity index (χ4n) is 2.59. The Balaban J connectivity index is 2.05. The summed E-state index contributed by atoms with van der Waals surface area (Å²) in [6.07, 6.45) is 0.362. The topological polar surface area (TPSA) is 53.3 Å².